The van der Waals surface area contributed by atoms with Crippen LogP contribution in [0.1, 0.15) is 36.2 Å². The van der Waals surface area contributed by atoms with Crippen molar-refractivity contribution in [1.29, 1.82) is 0 Å². The van der Waals surface area contributed by atoms with Crippen molar-refractivity contribution in [1.82, 2.24) is 15.2 Å². The number of amides is 1. The summed E-state index contributed by atoms with van der Waals surface area (Å²) < 4.78 is 0. The van der Waals surface area contributed by atoms with E-state index in [-0.39, 0.29) is 11.7 Å². The van der Waals surface area contributed by atoms with Crippen molar-refractivity contribution in [3.63, 3.8) is 0 Å². The lowest BCUT2D eigenvalue weighted by atomic mass is 9.71. The summed E-state index contributed by atoms with van der Waals surface area (Å²) in [4.78, 5) is 26.9. The zero-order chi connectivity index (χ0) is 14.9. The van der Waals surface area contributed by atoms with E-state index in [9.17, 15) is 14.9 Å². The maximum Gasteiger partial charge on any atom is 0.321 e. The van der Waals surface area contributed by atoms with E-state index in [1.165, 1.54) is 25.0 Å². The zero-order valence-corrected chi connectivity index (χ0v) is 11.9. The molecule has 2 aliphatic heterocycles. The van der Waals surface area contributed by atoms with E-state index in [0.29, 0.717) is 11.1 Å². The normalized spacial score (nSPS) is 21.4. The first kappa shape index (κ1) is 14.1. The van der Waals surface area contributed by atoms with Gasteiger partial charge in [-0.2, -0.15) is 0 Å². The number of piperidine rings is 2. The molecule has 0 radical (unpaired) electrons. The third-order valence-electron chi connectivity index (χ3n) is 4.87. The molecule has 3 heterocycles. The van der Waals surface area contributed by atoms with E-state index in [1.54, 1.807) is 0 Å². The number of likely N-dealkylation sites (tertiary alicyclic amines) is 1. The number of aromatic amines is 1. The lowest BCUT2D eigenvalue weighted by Crippen LogP contribution is -2.47. The molecule has 1 spiro atoms. The Kier molecular flexibility index (Phi) is 3.67. The second-order valence-corrected chi connectivity index (χ2v) is 6.06. The van der Waals surface area contributed by atoms with Crippen molar-refractivity contribution in [3.8, 4) is 0 Å². The molecule has 2 fully saturated rings. The summed E-state index contributed by atoms with van der Waals surface area (Å²) in [6.45, 7) is 3.62. The van der Waals surface area contributed by atoms with Gasteiger partial charge < -0.3 is 20.3 Å². The van der Waals surface area contributed by atoms with Gasteiger partial charge >= 0.3 is 5.82 Å². The summed E-state index contributed by atoms with van der Waals surface area (Å²) in [5.74, 6) is -0.267. The van der Waals surface area contributed by atoms with Crippen molar-refractivity contribution in [2.45, 2.75) is 25.7 Å². The fourth-order valence-corrected chi connectivity index (χ4v) is 3.43. The summed E-state index contributed by atoms with van der Waals surface area (Å²) >= 11 is 0. The molecule has 1 aromatic rings. The predicted octanol–water partition coefficient (Wildman–Crippen LogP) is 1.53. The maximum atomic E-state index is 12.4. The number of hydrogen-bond donors (Lipinski definition) is 2. The average Bonchev–Trinajstić information content (AvgIpc) is 2.98. The molecule has 3 rings (SSSR count). The molecule has 7 heteroatoms. The van der Waals surface area contributed by atoms with E-state index in [0.717, 1.165) is 39.0 Å². The molecule has 0 aliphatic carbocycles. The molecule has 0 unspecified atom stereocenters. The zero-order valence-electron chi connectivity index (χ0n) is 11.9. The van der Waals surface area contributed by atoms with Crippen LogP contribution < -0.4 is 5.32 Å². The van der Waals surface area contributed by atoms with Crippen molar-refractivity contribution >= 4 is 11.7 Å². The van der Waals surface area contributed by atoms with Crippen LogP contribution >= 0.6 is 0 Å². The van der Waals surface area contributed by atoms with Crippen LogP contribution in [0.3, 0.4) is 0 Å². The van der Waals surface area contributed by atoms with Gasteiger partial charge in [0.25, 0.3) is 5.91 Å². The fourth-order valence-electron chi connectivity index (χ4n) is 3.43. The van der Waals surface area contributed by atoms with Crippen LogP contribution in [0.2, 0.25) is 0 Å². The smallest absolute Gasteiger partial charge is 0.321 e. The van der Waals surface area contributed by atoms with Gasteiger partial charge in [-0.05, 0) is 55.2 Å². The van der Waals surface area contributed by atoms with Gasteiger partial charge in [-0.1, -0.05) is 0 Å². The highest BCUT2D eigenvalue weighted by Crippen LogP contribution is 2.39. The van der Waals surface area contributed by atoms with Crippen LogP contribution in [0.5, 0.6) is 0 Å². The Balaban J connectivity index is 1.63. The molecule has 0 bridgehead atoms. The van der Waals surface area contributed by atoms with Gasteiger partial charge in [-0.3, -0.25) is 4.79 Å². The molecule has 2 saturated heterocycles. The van der Waals surface area contributed by atoms with Gasteiger partial charge in [0.2, 0.25) is 0 Å². The van der Waals surface area contributed by atoms with E-state index in [4.69, 9.17) is 0 Å². The lowest BCUT2D eigenvalue weighted by Gasteiger charge is -2.44. The topological polar surface area (TPSA) is 91.3 Å². The standard InChI is InChI=1S/C14H20N4O3/c19-13(11-1-2-12(16-11)18(20)21)17-9-5-14(6-10-17)3-7-15-8-4-14/h1-2,15-16H,3-10H2. The predicted molar refractivity (Wildman–Crippen MR) is 77.1 cm³/mol. The monoisotopic (exact) mass is 292 g/mol. The quantitative estimate of drug-likeness (QED) is 0.638. The number of nitrogens with zero attached hydrogens (tertiary/aromatic N) is 2. The highest BCUT2D eigenvalue weighted by molar-refractivity contribution is 5.93. The molecule has 1 amide bonds. The van der Waals surface area contributed by atoms with Gasteiger partial charge in [0.1, 0.15) is 0 Å². The summed E-state index contributed by atoms with van der Waals surface area (Å²) in [5.41, 5.74) is 0.701. The number of carbonyl (C=O) groups is 1. The number of carbonyl (C=O) groups excluding carboxylic acids is 1. The van der Waals surface area contributed by atoms with Crippen LogP contribution in [-0.2, 0) is 0 Å². The molecule has 0 atom stereocenters. The largest absolute Gasteiger partial charge is 0.358 e. The number of rotatable bonds is 2. The molecule has 7 nitrogen and oxygen atoms in total. The Morgan fingerprint density at radius 2 is 1.86 bits per heavy atom. The Hall–Kier alpha value is -1.89. The van der Waals surface area contributed by atoms with Crippen LogP contribution in [0, 0.1) is 15.5 Å². The average molecular weight is 292 g/mol. The SMILES string of the molecule is O=C(c1ccc([N+](=O)[O-])[nH]1)N1CCC2(CCNCC2)CC1. The third-order valence-corrected chi connectivity index (χ3v) is 4.87. The Morgan fingerprint density at radius 1 is 1.19 bits per heavy atom. The highest BCUT2D eigenvalue weighted by atomic mass is 16.6. The van der Waals surface area contributed by atoms with Crippen molar-refractivity contribution in [2.75, 3.05) is 26.2 Å². The number of nitro groups is 1. The van der Waals surface area contributed by atoms with Crippen LogP contribution in [-0.4, -0.2) is 46.9 Å². The van der Waals surface area contributed by atoms with Crippen LogP contribution in [0.4, 0.5) is 5.82 Å². The first-order chi connectivity index (χ1) is 10.1. The van der Waals surface area contributed by atoms with Gasteiger partial charge in [0, 0.05) is 19.2 Å². The van der Waals surface area contributed by atoms with E-state index in [1.807, 2.05) is 4.90 Å². The molecule has 21 heavy (non-hydrogen) atoms. The minimum absolute atomic E-state index is 0.133. The Labute approximate surface area is 122 Å². The summed E-state index contributed by atoms with van der Waals surface area (Å²) in [6.07, 6.45) is 4.43. The number of aromatic nitrogens is 1. The number of H-pyrrole nitrogens is 1. The Bertz CT molecular complexity index is 538. The minimum Gasteiger partial charge on any atom is -0.358 e. The summed E-state index contributed by atoms with van der Waals surface area (Å²) in [6, 6.07) is 2.83. The van der Waals surface area contributed by atoms with E-state index in [2.05, 4.69) is 10.3 Å². The van der Waals surface area contributed by atoms with Crippen LogP contribution in [0.15, 0.2) is 12.1 Å². The maximum absolute atomic E-state index is 12.4. The molecular weight excluding hydrogens is 272 g/mol. The summed E-state index contributed by atoms with van der Waals surface area (Å²) in [5, 5.41) is 14.0. The molecule has 2 N–H and O–H groups in total. The third kappa shape index (κ3) is 2.78. The number of nitrogens with one attached hydrogen (secondary N) is 2. The highest BCUT2D eigenvalue weighted by Gasteiger charge is 2.37. The Morgan fingerprint density at radius 3 is 2.43 bits per heavy atom. The first-order valence-electron chi connectivity index (χ1n) is 7.43. The van der Waals surface area contributed by atoms with Crippen molar-refractivity contribution in [2.24, 2.45) is 5.41 Å². The molecule has 1 aromatic heterocycles. The van der Waals surface area contributed by atoms with Gasteiger partial charge in [-0.15, -0.1) is 0 Å². The molecular formula is C14H20N4O3. The fraction of sp³-hybridized carbons (Fsp3) is 0.643. The molecule has 114 valence electrons. The lowest BCUT2D eigenvalue weighted by molar-refractivity contribution is -0.389. The number of hydrogen-bond acceptors (Lipinski definition) is 4. The van der Waals surface area contributed by atoms with Gasteiger partial charge in [-0.25, -0.2) is 4.98 Å². The second-order valence-electron chi connectivity index (χ2n) is 6.06. The van der Waals surface area contributed by atoms with Crippen LogP contribution in [0.25, 0.3) is 0 Å². The first-order valence-corrected chi connectivity index (χ1v) is 7.43. The van der Waals surface area contributed by atoms with Crippen molar-refractivity contribution < 1.29 is 9.72 Å². The molecule has 2 aliphatic rings. The molecule has 0 saturated carbocycles. The molecule has 0 aromatic carbocycles. The summed E-state index contributed by atoms with van der Waals surface area (Å²) in [7, 11) is 0. The van der Waals surface area contributed by atoms with E-state index >= 15 is 0 Å². The second kappa shape index (κ2) is 5.48. The van der Waals surface area contributed by atoms with Gasteiger partial charge in [0.15, 0.2) is 5.69 Å². The van der Waals surface area contributed by atoms with Crippen molar-refractivity contribution in [3.05, 3.63) is 27.9 Å². The van der Waals surface area contributed by atoms with Gasteiger partial charge in [0.05, 0.1) is 0 Å². The minimum atomic E-state index is -0.517. The van der Waals surface area contributed by atoms with E-state index < -0.39 is 4.92 Å².